The molecule has 0 aliphatic carbocycles. The maximum Gasteiger partial charge on any atom is 0.326 e. The fourth-order valence-corrected chi connectivity index (χ4v) is 1.96. The lowest BCUT2D eigenvalue weighted by molar-refractivity contribution is -0.141. The lowest BCUT2D eigenvalue weighted by Crippen LogP contribution is -2.21. The van der Waals surface area contributed by atoms with Gasteiger partial charge in [0.15, 0.2) is 0 Å². The van der Waals surface area contributed by atoms with Gasteiger partial charge in [-0.2, -0.15) is 0 Å². The molecule has 16 heavy (non-hydrogen) atoms. The predicted octanol–water partition coefficient (Wildman–Crippen LogP) is 2.16. The van der Waals surface area contributed by atoms with Crippen LogP contribution in [0.1, 0.15) is 30.3 Å². The maximum atomic E-state index is 11.2. The van der Waals surface area contributed by atoms with Gasteiger partial charge < -0.3 is 14.4 Å². The Balaban J connectivity index is 2.81. The molecule has 0 fully saturated rings. The van der Waals surface area contributed by atoms with Gasteiger partial charge in [0.05, 0.1) is 0 Å². The lowest BCUT2D eigenvalue weighted by Gasteiger charge is -2.18. The molecule has 1 unspecified atom stereocenters. The minimum atomic E-state index is -0.779. The van der Waals surface area contributed by atoms with E-state index in [0.717, 1.165) is 17.8 Å². The van der Waals surface area contributed by atoms with Crippen molar-refractivity contribution < 1.29 is 14.6 Å². The molecule has 0 amide bonds. The number of carbonyl (C=O) groups is 1. The van der Waals surface area contributed by atoms with Gasteiger partial charge in [-0.15, -0.1) is 0 Å². The van der Waals surface area contributed by atoms with E-state index in [-0.39, 0.29) is 0 Å². The Morgan fingerprint density at radius 3 is 2.44 bits per heavy atom. The molecule has 1 N–H and O–H groups in total. The molecule has 1 rings (SSSR count). The predicted molar refractivity (Wildman–Crippen MR) is 61.7 cm³/mol. The number of rotatable bonds is 6. The van der Waals surface area contributed by atoms with E-state index < -0.39 is 12.0 Å². The Morgan fingerprint density at radius 1 is 1.44 bits per heavy atom. The van der Waals surface area contributed by atoms with Crippen molar-refractivity contribution in [1.29, 1.82) is 0 Å². The number of hydrogen-bond acceptors (Lipinski definition) is 2. The topological polar surface area (TPSA) is 51.5 Å². The van der Waals surface area contributed by atoms with E-state index in [4.69, 9.17) is 4.74 Å². The van der Waals surface area contributed by atoms with Gasteiger partial charge in [-0.1, -0.05) is 0 Å². The summed E-state index contributed by atoms with van der Waals surface area (Å²) in [7, 11) is 1.63. The van der Waals surface area contributed by atoms with Crippen LogP contribution in [0.15, 0.2) is 12.1 Å². The number of hydrogen-bond donors (Lipinski definition) is 1. The number of methoxy groups -OCH3 is 1. The summed E-state index contributed by atoms with van der Waals surface area (Å²) < 4.78 is 6.82. The molecule has 0 radical (unpaired) electrons. The molecular formula is C12H19NO3. The number of ether oxygens (including phenoxy) is 1. The van der Waals surface area contributed by atoms with Gasteiger partial charge >= 0.3 is 5.97 Å². The Hall–Kier alpha value is -1.29. The largest absolute Gasteiger partial charge is 0.480 e. The molecular weight excluding hydrogens is 206 g/mol. The van der Waals surface area contributed by atoms with Crippen molar-refractivity contribution in [2.45, 2.75) is 32.7 Å². The monoisotopic (exact) mass is 225 g/mol. The molecule has 4 nitrogen and oxygen atoms in total. The molecule has 0 aliphatic heterocycles. The van der Waals surface area contributed by atoms with Crippen molar-refractivity contribution >= 4 is 5.97 Å². The van der Waals surface area contributed by atoms with Crippen molar-refractivity contribution in [3.63, 3.8) is 0 Å². The molecule has 1 aromatic rings. The van der Waals surface area contributed by atoms with Gasteiger partial charge in [-0.3, -0.25) is 0 Å². The summed E-state index contributed by atoms with van der Waals surface area (Å²) in [6.07, 6.45) is 1.35. The average molecular weight is 225 g/mol. The Morgan fingerprint density at radius 2 is 2.00 bits per heavy atom. The summed E-state index contributed by atoms with van der Waals surface area (Å²) in [4.78, 5) is 11.2. The van der Waals surface area contributed by atoms with E-state index >= 15 is 0 Å². The molecule has 1 heterocycles. The summed E-state index contributed by atoms with van der Waals surface area (Å²) in [6, 6.07) is 3.41. The van der Waals surface area contributed by atoms with Crippen molar-refractivity contribution in [1.82, 2.24) is 4.57 Å². The Kier molecular flexibility index (Phi) is 4.55. The SMILES string of the molecule is COCCCC(C(=O)O)n1c(C)ccc1C. The van der Waals surface area contributed by atoms with Crippen LogP contribution in [-0.4, -0.2) is 29.4 Å². The first kappa shape index (κ1) is 12.8. The molecule has 0 spiro atoms. The normalized spacial score (nSPS) is 12.7. The van der Waals surface area contributed by atoms with Gasteiger partial charge in [-0.25, -0.2) is 4.79 Å². The Labute approximate surface area is 95.8 Å². The highest BCUT2D eigenvalue weighted by Crippen LogP contribution is 2.20. The standard InChI is InChI=1S/C12H19NO3/c1-9-6-7-10(2)13(9)11(12(14)15)5-4-8-16-3/h6-7,11H,4-5,8H2,1-3H3,(H,14,15). The van der Waals surface area contributed by atoms with Crippen LogP contribution < -0.4 is 0 Å². The third-order valence-electron chi connectivity index (χ3n) is 2.75. The highest BCUT2D eigenvalue weighted by Gasteiger charge is 2.21. The summed E-state index contributed by atoms with van der Waals surface area (Å²) in [5.74, 6) is -0.779. The number of nitrogens with zero attached hydrogens (tertiary/aromatic N) is 1. The Bertz CT molecular complexity index is 338. The molecule has 0 aliphatic rings. The van der Waals surface area contributed by atoms with Crippen LogP contribution in [0.25, 0.3) is 0 Å². The average Bonchev–Trinajstić information content (AvgIpc) is 2.54. The molecule has 1 aromatic heterocycles. The van der Waals surface area contributed by atoms with Gasteiger partial charge in [0.2, 0.25) is 0 Å². The van der Waals surface area contributed by atoms with Gasteiger partial charge in [0.1, 0.15) is 6.04 Å². The fraction of sp³-hybridized carbons (Fsp3) is 0.583. The van der Waals surface area contributed by atoms with E-state index in [1.165, 1.54) is 0 Å². The first-order valence-corrected chi connectivity index (χ1v) is 5.44. The third-order valence-corrected chi connectivity index (χ3v) is 2.75. The van der Waals surface area contributed by atoms with Crippen molar-refractivity contribution in [3.8, 4) is 0 Å². The minimum absolute atomic E-state index is 0.481. The molecule has 90 valence electrons. The molecule has 4 heteroatoms. The second-order valence-corrected chi connectivity index (χ2v) is 3.98. The van der Waals surface area contributed by atoms with Crippen molar-refractivity contribution in [2.24, 2.45) is 0 Å². The highest BCUT2D eigenvalue weighted by atomic mass is 16.5. The first-order chi connectivity index (χ1) is 7.57. The summed E-state index contributed by atoms with van der Waals surface area (Å²) >= 11 is 0. The smallest absolute Gasteiger partial charge is 0.326 e. The summed E-state index contributed by atoms with van der Waals surface area (Å²) in [6.45, 7) is 4.46. The quantitative estimate of drug-likeness (QED) is 0.755. The zero-order valence-electron chi connectivity index (χ0n) is 10.1. The lowest BCUT2D eigenvalue weighted by atomic mass is 10.1. The van der Waals surface area contributed by atoms with Crippen LogP contribution in [-0.2, 0) is 9.53 Å². The molecule has 0 saturated carbocycles. The van der Waals surface area contributed by atoms with Gasteiger partial charge in [-0.05, 0) is 38.8 Å². The molecule has 0 saturated heterocycles. The van der Waals surface area contributed by atoms with Crippen LogP contribution in [0.3, 0.4) is 0 Å². The number of aryl methyl sites for hydroxylation is 2. The number of aliphatic carboxylic acids is 1. The molecule has 1 atom stereocenters. The van der Waals surface area contributed by atoms with Crippen LogP contribution >= 0.6 is 0 Å². The van der Waals surface area contributed by atoms with E-state index in [1.807, 2.05) is 30.5 Å². The van der Waals surface area contributed by atoms with Crippen molar-refractivity contribution in [2.75, 3.05) is 13.7 Å². The third kappa shape index (κ3) is 2.85. The number of carboxylic acid groups (broad SMARTS) is 1. The van der Waals surface area contributed by atoms with E-state index in [0.29, 0.717) is 13.0 Å². The second kappa shape index (κ2) is 5.70. The van der Waals surface area contributed by atoms with Gasteiger partial charge in [0, 0.05) is 25.1 Å². The van der Waals surface area contributed by atoms with Crippen LogP contribution in [0.2, 0.25) is 0 Å². The number of carboxylic acids is 1. The summed E-state index contributed by atoms with van der Waals surface area (Å²) in [5.41, 5.74) is 1.98. The van der Waals surface area contributed by atoms with E-state index in [9.17, 15) is 9.90 Å². The maximum absolute atomic E-state index is 11.2. The number of aromatic nitrogens is 1. The van der Waals surface area contributed by atoms with Crippen molar-refractivity contribution in [3.05, 3.63) is 23.5 Å². The highest BCUT2D eigenvalue weighted by molar-refractivity contribution is 5.72. The fourth-order valence-electron chi connectivity index (χ4n) is 1.96. The molecule has 0 aromatic carbocycles. The summed E-state index contributed by atoms with van der Waals surface area (Å²) in [5, 5.41) is 9.23. The van der Waals surface area contributed by atoms with E-state index in [1.54, 1.807) is 7.11 Å². The van der Waals surface area contributed by atoms with Gasteiger partial charge in [0.25, 0.3) is 0 Å². The van der Waals surface area contributed by atoms with Crippen LogP contribution in [0.5, 0.6) is 0 Å². The molecule has 0 bridgehead atoms. The van der Waals surface area contributed by atoms with E-state index in [2.05, 4.69) is 0 Å². The van der Waals surface area contributed by atoms with Crippen LogP contribution in [0, 0.1) is 13.8 Å². The minimum Gasteiger partial charge on any atom is -0.480 e. The zero-order valence-corrected chi connectivity index (χ0v) is 10.1. The zero-order chi connectivity index (χ0) is 12.1. The van der Waals surface area contributed by atoms with Crippen LogP contribution in [0.4, 0.5) is 0 Å². The first-order valence-electron chi connectivity index (χ1n) is 5.44. The second-order valence-electron chi connectivity index (χ2n) is 3.98.